The number of rotatable bonds is 7. The number of hydrogen-bond donors (Lipinski definition) is 5. The summed E-state index contributed by atoms with van der Waals surface area (Å²) < 4.78 is 0. The molecule has 0 fully saturated rings. The molecule has 0 saturated heterocycles. The van der Waals surface area contributed by atoms with Crippen molar-refractivity contribution in [3.8, 4) is 0 Å². The van der Waals surface area contributed by atoms with E-state index in [1.54, 1.807) is 0 Å². The average Bonchev–Trinajstić information content (AvgIpc) is 3.36. The Morgan fingerprint density at radius 3 is 2.71 bits per heavy atom. The largest absolute Gasteiger partial charge is 0.385 e. The van der Waals surface area contributed by atoms with Gasteiger partial charge >= 0.3 is 0 Å². The highest BCUT2D eigenvalue weighted by atomic mass is 16.1. The molecule has 158 valence electrons. The molecule has 7 nitrogen and oxygen atoms in total. The van der Waals surface area contributed by atoms with E-state index in [1.165, 1.54) is 0 Å². The lowest BCUT2D eigenvalue weighted by Gasteiger charge is -2.10. The van der Waals surface area contributed by atoms with Gasteiger partial charge in [0.05, 0.1) is 5.71 Å². The fourth-order valence-electron chi connectivity index (χ4n) is 3.51. The van der Waals surface area contributed by atoms with E-state index in [0.717, 1.165) is 45.2 Å². The third-order valence-electron chi connectivity index (χ3n) is 4.95. The molecule has 4 aromatic rings. The third kappa shape index (κ3) is 4.61. The number of carbonyl (C=O) groups excluding carboxylic acids is 1. The number of hydrazone groups is 1. The molecule has 6 N–H and O–H groups in total. The topological polar surface area (TPSA) is 111 Å². The highest BCUT2D eigenvalue weighted by molar-refractivity contribution is 6.08. The maximum absolute atomic E-state index is 12.8. The van der Waals surface area contributed by atoms with Crippen molar-refractivity contribution in [1.29, 1.82) is 0 Å². The van der Waals surface area contributed by atoms with Crippen LogP contribution in [-0.4, -0.2) is 21.6 Å². The Labute approximate surface area is 180 Å². The van der Waals surface area contributed by atoms with Crippen LogP contribution in [0.2, 0.25) is 0 Å². The SMILES string of the molecule is C=C(N)N/N=C(\CC(C)C)c1ccc2[nH]c(C(=O)Nc3ccc4cc[nH]c4c3)cc2c1. The van der Waals surface area contributed by atoms with E-state index in [-0.39, 0.29) is 5.91 Å². The van der Waals surface area contributed by atoms with Crippen LogP contribution in [0.5, 0.6) is 0 Å². The Morgan fingerprint density at radius 1 is 1.10 bits per heavy atom. The molecule has 2 aromatic carbocycles. The molecule has 2 heterocycles. The normalized spacial score (nSPS) is 11.9. The molecule has 0 unspecified atom stereocenters. The first-order chi connectivity index (χ1) is 14.9. The van der Waals surface area contributed by atoms with Crippen molar-refractivity contribution in [2.45, 2.75) is 20.3 Å². The number of H-pyrrole nitrogens is 2. The monoisotopic (exact) mass is 414 g/mol. The number of benzene rings is 2. The lowest BCUT2D eigenvalue weighted by atomic mass is 9.99. The number of nitrogens with two attached hydrogens (primary N) is 1. The Morgan fingerprint density at radius 2 is 1.94 bits per heavy atom. The number of aromatic amines is 2. The molecule has 4 rings (SSSR count). The van der Waals surface area contributed by atoms with Crippen molar-refractivity contribution in [3.05, 3.63) is 78.4 Å². The van der Waals surface area contributed by atoms with Crippen molar-refractivity contribution in [1.82, 2.24) is 15.4 Å². The molecule has 2 aromatic heterocycles. The quantitative estimate of drug-likeness (QED) is 0.224. The summed E-state index contributed by atoms with van der Waals surface area (Å²) in [4.78, 5) is 19.1. The van der Waals surface area contributed by atoms with Gasteiger partial charge in [-0.1, -0.05) is 32.6 Å². The van der Waals surface area contributed by atoms with Crippen LogP contribution in [0.4, 0.5) is 5.69 Å². The molecule has 0 atom stereocenters. The van der Waals surface area contributed by atoms with Crippen LogP contribution in [0.15, 0.2) is 72.2 Å². The Bertz CT molecular complexity index is 1290. The van der Waals surface area contributed by atoms with Gasteiger partial charge in [0, 0.05) is 28.3 Å². The van der Waals surface area contributed by atoms with Gasteiger partial charge in [-0.25, -0.2) is 0 Å². The zero-order valence-electron chi connectivity index (χ0n) is 17.6. The van der Waals surface area contributed by atoms with Crippen LogP contribution < -0.4 is 16.5 Å². The molecule has 0 radical (unpaired) electrons. The predicted octanol–water partition coefficient (Wildman–Crippen LogP) is 4.67. The fourth-order valence-corrected chi connectivity index (χ4v) is 3.51. The minimum Gasteiger partial charge on any atom is -0.385 e. The van der Waals surface area contributed by atoms with Crippen LogP contribution in [0.25, 0.3) is 21.8 Å². The Hall–Kier alpha value is -4.00. The molecule has 0 spiro atoms. The lowest BCUT2D eigenvalue weighted by Crippen LogP contribution is -2.17. The summed E-state index contributed by atoms with van der Waals surface area (Å²) in [5.41, 5.74) is 13.3. The summed E-state index contributed by atoms with van der Waals surface area (Å²) >= 11 is 0. The molecular weight excluding hydrogens is 388 g/mol. The number of carbonyl (C=O) groups is 1. The van der Waals surface area contributed by atoms with E-state index < -0.39 is 0 Å². The number of nitrogens with one attached hydrogen (secondary N) is 4. The van der Waals surface area contributed by atoms with Crippen LogP contribution in [0.3, 0.4) is 0 Å². The number of hydrogen-bond acceptors (Lipinski definition) is 4. The molecule has 0 aliphatic carbocycles. The first-order valence-corrected chi connectivity index (χ1v) is 10.2. The Kier molecular flexibility index (Phi) is 5.49. The third-order valence-corrected chi connectivity index (χ3v) is 4.95. The van der Waals surface area contributed by atoms with E-state index in [9.17, 15) is 4.79 Å². The van der Waals surface area contributed by atoms with Crippen LogP contribution >= 0.6 is 0 Å². The van der Waals surface area contributed by atoms with Crippen molar-refractivity contribution in [2.75, 3.05) is 5.32 Å². The molecule has 0 aliphatic heterocycles. The van der Waals surface area contributed by atoms with E-state index in [4.69, 9.17) is 5.73 Å². The number of anilines is 1. The van der Waals surface area contributed by atoms with Gasteiger partial charge in [0.25, 0.3) is 5.91 Å². The zero-order valence-corrected chi connectivity index (χ0v) is 17.6. The highest BCUT2D eigenvalue weighted by Crippen LogP contribution is 2.22. The summed E-state index contributed by atoms with van der Waals surface area (Å²) in [5, 5.41) is 9.39. The molecule has 7 heteroatoms. The van der Waals surface area contributed by atoms with Gasteiger partial charge in [0.15, 0.2) is 0 Å². The van der Waals surface area contributed by atoms with Gasteiger partial charge in [-0.05, 0) is 59.7 Å². The van der Waals surface area contributed by atoms with Crippen molar-refractivity contribution in [2.24, 2.45) is 16.8 Å². The van der Waals surface area contributed by atoms with Gasteiger partial charge in [-0.2, -0.15) is 5.10 Å². The maximum Gasteiger partial charge on any atom is 0.272 e. The first-order valence-electron chi connectivity index (χ1n) is 10.2. The minimum absolute atomic E-state index is 0.194. The van der Waals surface area contributed by atoms with E-state index >= 15 is 0 Å². The number of nitrogens with zero attached hydrogens (tertiary/aromatic N) is 1. The summed E-state index contributed by atoms with van der Waals surface area (Å²) in [5.74, 6) is 0.521. The molecule has 0 saturated carbocycles. The second-order valence-corrected chi connectivity index (χ2v) is 8.01. The fraction of sp³-hybridized carbons (Fsp3) is 0.167. The molecular formula is C24H26N6O. The Balaban J connectivity index is 1.59. The first kappa shape index (κ1) is 20.3. The van der Waals surface area contributed by atoms with Crippen LogP contribution in [-0.2, 0) is 0 Å². The summed E-state index contributed by atoms with van der Waals surface area (Å²) in [6, 6.07) is 15.6. The zero-order chi connectivity index (χ0) is 22.0. The van der Waals surface area contributed by atoms with Gasteiger partial charge in [-0.3, -0.25) is 10.2 Å². The van der Waals surface area contributed by atoms with Gasteiger partial charge in [0.1, 0.15) is 11.5 Å². The van der Waals surface area contributed by atoms with Crippen molar-refractivity contribution >= 4 is 39.1 Å². The van der Waals surface area contributed by atoms with Crippen molar-refractivity contribution < 1.29 is 4.79 Å². The number of amides is 1. The lowest BCUT2D eigenvalue weighted by molar-refractivity contribution is 0.102. The summed E-state index contributed by atoms with van der Waals surface area (Å²) in [6.45, 7) is 7.90. The predicted molar refractivity (Wildman–Crippen MR) is 127 cm³/mol. The van der Waals surface area contributed by atoms with Gasteiger partial charge in [-0.15, -0.1) is 0 Å². The van der Waals surface area contributed by atoms with Crippen molar-refractivity contribution in [3.63, 3.8) is 0 Å². The van der Waals surface area contributed by atoms with E-state index in [1.807, 2.05) is 54.7 Å². The van der Waals surface area contributed by atoms with Gasteiger partial charge < -0.3 is 21.0 Å². The van der Waals surface area contributed by atoms with Crippen LogP contribution in [0.1, 0.15) is 36.3 Å². The average molecular weight is 415 g/mol. The summed E-state index contributed by atoms with van der Waals surface area (Å²) in [6.07, 6.45) is 2.66. The number of fused-ring (bicyclic) bond motifs is 2. The molecule has 0 bridgehead atoms. The second-order valence-electron chi connectivity index (χ2n) is 8.01. The highest BCUT2D eigenvalue weighted by Gasteiger charge is 2.13. The van der Waals surface area contributed by atoms with Gasteiger partial charge in [0.2, 0.25) is 0 Å². The maximum atomic E-state index is 12.8. The second kappa shape index (κ2) is 8.39. The smallest absolute Gasteiger partial charge is 0.272 e. The molecule has 1 amide bonds. The molecule has 31 heavy (non-hydrogen) atoms. The van der Waals surface area contributed by atoms with E-state index in [2.05, 4.69) is 46.2 Å². The van der Waals surface area contributed by atoms with Crippen LogP contribution in [0, 0.1) is 5.92 Å². The standard InChI is InChI=1S/C24H26N6O/c1-14(2)10-22(30-29-15(3)25)17-5-7-20-18(11-17)12-23(28-20)24(31)27-19-6-4-16-8-9-26-21(16)13-19/h4-9,11-14,26,28-29H,3,10,25H2,1-2H3,(H,27,31)/b30-22+. The van der Waals surface area contributed by atoms with E-state index in [0.29, 0.717) is 17.4 Å². The molecule has 0 aliphatic rings. The number of aromatic nitrogens is 2. The minimum atomic E-state index is -0.194. The summed E-state index contributed by atoms with van der Waals surface area (Å²) in [7, 11) is 0.